The van der Waals surface area contributed by atoms with Crippen LogP contribution in [0.15, 0.2) is 10.6 Å². The van der Waals surface area contributed by atoms with E-state index in [-0.39, 0.29) is 21.8 Å². The van der Waals surface area contributed by atoms with Crippen LogP contribution in [-0.2, 0) is 9.53 Å². The zero-order chi connectivity index (χ0) is 10.9. The van der Waals surface area contributed by atoms with Gasteiger partial charge >= 0.3 is 5.97 Å². The van der Waals surface area contributed by atoms with Gasteiger partial charge in [0.15, 0.2) is 0 Å². The third-order valence-electron chi connectivity index (χ3n) is 3.06. The number of allylic oxidation sites excluding steroid dienone is 1. The molecule has 1 aliphatic carbocycles. The average Bonchev–Trinajstić information content (AvgIpc) is 2.55. The predicted octanol–water partition coefficient (Wildman–Crippen LogP) is 3.14. The molecule has 2 atom stereocenters. The molecular weight excluding hydrogens is 223 g/mol. The number of methoxy groups -OCH3 is 1. The van der Waals surface area contributed by atoms with Crippen LogP contribution in [0.5, 0.6) is 0 Å². The van der Waals surface area contributed by atoms with Gasteiger partial charge in [-0.2, -0.15) is 0 Å². The molecule has 0 N–H and O–H groups in total. The Labute approximate surface area is 94.2 Å². The summed E-state index contributed by atoms with van der Waals surface area (Å²) in [5.41, 5.74) is 0.100. The number of carbonyl (C=O) groups excluding carboxylic acids is 1. The Morgan fingerprint density at radius 1 is 1.50 bits per heavy atom. The fraction of sp³-hybridized carbons (Fsp3) is 0.700. The summed E-state index contributed by atoms with van der Waals surface area (Å²) < 4.78 is 4.90. The molecule has 0 aromatic heterocycles. The highest BCUT2D eigenvalue weighted by Gasteiger charge is 2.56. The number of halogens is 2. The lowest BCUT2D eigenvalue weighted by Crippen LogP contribution is -2.03. The minimum atomic E-state index is -0.176. The highest BCUT2D eigenvalue weighted by atomic mass is 35.5. The maximum Gasteiger partial charge on any atom is 0.305 e. The van der Waals surface area contributed by atoms with Crippen molar-refractivity contribution in [2.75, 3.05) is 7.11 Å². The monoisotopic (exact) mass is 236 g/mol. The average molecular weight is 237 g/mol. The molecule has 0 radical (unpaired) electrons. The van der Waals surface area contributed by atoms with E-state index in [0.717, 1.165) is 0 Å². The maximum atomic E-state index is 11.1. The second-order valence-corrected chi connectivity index (χ2v) is 5.20. The van der Waals surface area contributed by atoms with Gasteiger partial charge in [-0.15, -0.1) is 0 Å². The number of hydrogen-bond acceptors (Lipinski definition) is 2. The van der Waals surface area contributed by atoms with Crippen LogP contribution in [0.3, 0.4) is 0 Å². The van der Waals surface area contributed by atoms with Gasteiger partial charge in [0.25, 0.3) is 0 Å². The van der Waals surface area contributed by atoms with Crippen molar-refractivity contribution in [2.24, 2.45) is 17.3 Å². The largest absolute Gasteiger partial charge is 0.469 e. The molecular formula is C10H14Cl2O2. The van der Waals surface area contributed by atoms with Gasteiger partial charge in [-0.25, -0.2) is 0 Å². The van der Waals surface area contributed by atoms with E-state index >= 15 is 0 Å². The summed E-state index contributed by atoms with van der Waals surface area (Å²) in [5.74, 6) is 0.402. The molecule has 2 nitrogen and oxygen atoms in total. The van der Waals surface area contributed by atoms with Gasteiger partial charge < -0.3 is 4.74 Å². The highest BCUT2D eigenvalue weighted by molar-refractivity contribution is 6.55. The maximum absolute atomic E-state index is 11.1. The molecule has 1 rings (SSSR count). The van der Waals surface area contributed by atoms with Gasteiger partial charge in [0, 0.05) is 6.42 Å². The van der Waals surface area contributed by atoms with E-state index in [1.165, 1.54) is 7.11 Å². The zero-order valence-electron chi connectivity index (χ0n) is 8.51. The molecule has 0 saturated heterocycles. The molecule has 0 aromatic carbocycles. The Balaban J connectivity index is 2.58. The summed E-state index contributed by atoms with van der Waals surface area (Å²) >= 11 is 11.2. The first-order valence-corrected chi connectivity index (χ1v) is 5.24. The van der Waals surface area contributed by atoms with Crippen LogP contribution in [-0.4, -0.2) is 13.1 Å². The van der Waals surface area contributed by atoms with E-state index in [9.17, 15) is 4.79 Å². The second kappa shape index (κ2) is 4.11. The summed E-state index contributed by atoms with van der Waals surface area (Å²) in [6.07, 6.45) is 2.24. The Hall–Kier alpha value is -0.210. The lowest BCUT2D eigenvalue weighted by molar-refractivity contribution is -0.141. The molecule has 0 amide bonds. The fourth-order valence-electron chi connectivity index (χ4n) is 1.91. The summed E-state index contributed by atoms with van der Waals surface area (Å²) in [6, 6.07) is 0. The standard InChI is InChI=1S/C10H14Cl2O2/c1-10(2)6(4-8(11)12)7(10)5-9(13)14-3/h4,6-7H,5H2,1-3H3/t6-,7+/m0/s1. The Kier molecular flexibility index (Phi) is 3.49. The third-order valence-corrected chi connectivity index (χ3v) is 3.31. The first-order valence-electron chi connectivity index (χ1n) is 4.49. The van der Waals surface area contributed by atoms with E-state index in [1.807, 2.05) is 0 Å². The van der Waals surface area contributed by atoms with E-state index < -0.39 is 0 Å². The number of ether oxygens (including phenoxy) is 1. The molecule has 14 heavy (non-hydrogen) atoms. The Morgan fingerprint density at radius 3 is 2.50 bits per heavy atom. The van der Waals surface area contributed by atoms with Crippen molar-refractivity contribution in [2.45, 2.75) is 20.3 Å². The summed E-state index contributed by atoms with van der Waals surface area (Å²) in [4.78, 5) is 11.1. The highest BCUT2D eigenvalue weighted by Crippen LogP contribution is 2.61. The summed E-state index contributed by atoms with van der Waals surface area (Å²) in [6.45, 7) is 4.19. The van der Waals surface area contributed by atoms with Crippen molar-refractivity contribution < 1.29 is 9.53 Å². The first kappa shape index (κ1) is 11.9. The van der Waals surface area contributed by atoms with Crippen molar-refractivity contribution in [3.8, 4) is 0 Å². The minimum Gasteiger partial charge on any atom is -0.469 e. The summed E-state index contributed by atoms with van der Waals surface area (Å²) in [5, 5.41) is 0. The van der Waals surface area contributed by atoms with Crippen LogP contribution in [0.4, 0.5) is 0 Å². The molecule has 1 aliphatic rings. The van der Waals surface area contributed by atoms with Crippen molar-refractivity contribution in [1.82, 2.24) is 0 Å². The number of rotatable bonds is 3. The van der Waals surface area contributed by atoms with Crippen LogP contribution in [0.2, 0.25) is 0 Å². The van der Waals surface area contributed by atoms with Gasteiger partial charge in [-0.05, 0) is 17.3 Å². The van der Waals surface area contributed by atoms with Crippen LogP contribution in [0.1, 0.15) is 20.3 Å². The molecule has 0 heterocycles. The molecule has 4 heteroatoms. The van der Waals surface area contributed by atoms with Gasteiger partial charge in [-0.1, -0.05) is 43.1 Å². The number of carbonyl (C=O) groups is 1. The molecule has 0 unspecified atom stereocenters. The number of hydrogen-bond donors (Lipinski definition) is 0. The van der Waals surface area contributed by atoms with Crippen molar-refractivity contribution in [3.63, 3.8) is 0 Å². The van der Waals surface area contributed by atoms with E-state index in [1.54, 1.807) is 6.08 Å². The zero-order valence-corrected chi connectivity index (χ0v) is 10.0. The van der Waals surface area contributed by atoms with E-state index in [4.69, 9.17) is 23.2 Å². The van der Waals surface area contributed by atoms with E-state index in [2.05, 4.69) is 18.6 Å². The first-order chi connectivity index (χ1) is 6.39. The van der Waals surface area contributed by atoms with Crippen LogP contribution in [0.25, 0.3) is 0 Å². The van der Waals surface area contributed by atoms with Crippen molar-refractivity contribution in [1.29, 1.82) is 0 Å². The quantitative estimate of drug-likeness (QED) is 0.705. The van der Waals surface area contributed by atoms with Gasteiger partial charge in [0.1, 0.15) is 4.49 Å². The van der Waals surface area contributed by atoms with Crippen LogP contribution < -0.4 is 0 Å². The SMILES string of the molecule is COC(=O)C[C@@H]1[C@H](C=C(Cl)Cl)C1(C)C. The number of esters is 1. The second-order valence-electron chi connectivity index (χ2n) is 4.19. The fourth-order valence-corrected chi connectivity index (χ4v) is 2.18. The van der Waals surface area contributed by atoms with Gasteiger partial charge in [0.05, 0.1) is 7.11 Å². The molecule has 1 saturated carbocycles. The van der Waals surface area contributed by atoms with Crippen molar-refractivity contribution >= 4 is 29.2 Å². The predicted molar refractivity (Wildman–Crippen MR) is 57.2 cm³/mol. The molecule has 0 spiro atoms. The Bertz CT molecular complexity index is 267. The normalized spacial score (nSPS) is 28.1. The molecule has 0 aliphatic heterocycles. The summed E-state index contributed by atoms with van der Waals surface area (Å²) in [7, 11) is 1.40. The van der Waals surface area contributed by atoms with E-state index in [0.29, 0.717) is 12.3 Å². The van der Waals surface area contributed by atoms with Gasteiger partial charge in [0.2, 0.25) is 0 Å². The topological polar surface area (TPSA) is 26.3 Å². The van der Waals surface area contributed by atoms with Crippen LogP contribution >= 0.6 is 23.2 Å². The lowest BCUT2D eigenvalue weighted by atomic mass is 10.1. The molecule has 0 aromatic rings. The molecule has 1 fully saturated rings. The van der Waals surface area contributed by atoms with Gasteiger partial charge in [-0.3, -0.25) is 4.79 Å². The van der Waals surface area contributed by atoms with Crippen LogP contribution in [0, 0.1) is 17.3 Å². The van der Waals surface area contributed by atoms with Crippen molar-refractivity contribution in [3.05, 3.63) is 10.6 Å². The minimum absolute atomic E-state index is 0.100. The molecule has 0 bridgehead atoms. The Morgan fingerprint density at radius 2 is 2.07 bits per heavy atom. The third kappa shape index (κ3) is 2.43. The lowest BCUT2D eigenvalue weighted by Gasteiger charge is -2.00. The smallest absolute Gasteiger partial charge is 0.305 e. The molecule has 80 valence electrons.